The second-order valence-corrected chi connectivity index (χ2v) is 6.15. The third kappa shape index (κ3) is 5.08. The highest BCUT2D eigenvalue weighted by molar-refractivity contribution is 5.80. The van der Waals surface area contributed by atoms with Crippen molar-refractivity contribution in [1.29, 1.82) is 0 Å². The largest absolute Gasteiger partial charge is 0.493 e. The first-order valence-electron chi connectivity index (χ1n) is 8.78. The molecule has 1 heterocycles. The van der Waals surface area contributed by atoms with Crippen molar-refractivity contribution in [3.05, 3.63) is 42.5 Å². The van der Waals surface area contributed by atoms with E-state index in [0.717, 1.165) is 5.52 Å². The molecule has 0 fully saturated rings. The number of fused-ring (bicyclic) bond motifs is 1. The Hall–Kier alpha value is -2.84. The molecular formula is C19H24N4O4. The van der Waals surface area contributed by atoms with Crippen LogP contribution in [0.1, 0.15) is 6.92 Å². The van der Waals surface area contributed by atoms with E-state index in [4.69, 9.17) is 14.2 Å². The van der Waals surface area contributed by atoms with E-state index in [-0.39, 0.29) is 12.7 Å². The molecule has 144 valence electrons. The highest BCUT2D eigenvalue weighted by atomic mass is 16.5. The van der Waals surface area contributed by atoms with Crippen LogP contribution in [-0.2, 0) is 0 Å². The van der Waals surface area contributed by atoms with Gasteiger partial charge in [-0.05, 0) is 31.2 Å². The van der Waals surface area contributed by atoms with Gasteiger partial charge in [0.2, 0.25) is 0 Å². The van der Waals surface area contributed by atoms with E-state index in [2.05, 4.69) is 20.7 Å². The second-order valence-electron chi connectivity index (χ2n) is 6.15. The van der Waals surface area contributed by atoms with E-state index in [0.29, 0.717) is 35.9 Å². The van der Waals surface area contributed by atoms with Gasteiger partial charge in [-0.2, -0.15) is 15.4 Å². The minimum Gasteiger partial charge on any atom is -0.493 e. The Labute approximate surface area is 157 Å². The lowest BCUT2D eigenvalue weighted by atomic mass is 10.3. The van der Waals surface area contributed by atoms with Crippen molar-refractivity contribution in [2.45, 2.75) is 19.1 Å². The van der Waals surface area contributed by atoms with E-state index in [1.54, 1.807) is 13.2 Å². The van der Waals surface area contributed by atoms with Gasteiger partial charge in [0, 0.05) is 13.1 Å². The molecule has 2 atom stereocenters. The SMILES string of the molecule is COc1ccccc1OC(C)CNCC(O)COc1cccc2n[nH]nc12. The lowest BCUT2D eigenvalue weighted by molar-refractivity contribution is 0.103. The van der Waals surface area contributed by atoms with Crippen LogP contribution in [0.3, 0.4) is 0 Å². The van der Waals surface area contributed by atoms with Gasteiger partial charge >= 0.3 is 0 Å². The Bertz CT molecular complexity index is 854. The number of para-hydroxylation sites is 3. The van der Waals surface area contributed by atoms with E-state index < -0.39 is 6.10 Å². The molecule has 8 nitrogen and oxygen atoms in total. The third-order valence-electron chi connectivity index (χ3n) is 3.95. The normalized spacial score (nSPS) is 13.3. The van der Waals surface area contributed by atoms with Gasteiger partial charge < -0.3 is 24.6 Å². The summed E-state index contributed by atoms with van der Waals surface area (Å²) < 4.78 is 16.8. The molecule has 1 aromatic heterocycles. The summed E-state index contributed by atoms with van der Waals surface area (Å²) in [6.45, 7) is 3.07. The molecule has 0 aliphatic heterocycles. The topological polar surface area (TPSA) is 102 Å². The first kappa shape index (κ1) is 18.9. The summed E-state index contributed by atoms with van der Waals surface area (Å²) in [5.41, 5.74) is 1.37. The fraction of sp³-hybridized carbons (Fsp3) is 0.368. The number of rotatable bonds is 10. The molecule has 3 N–H and O–H groups in total. The van der Waals surface area contributed by atoms with E-state index in [9.17, 15) is 5.11 Å². The smallest absolute Gasteiger partial charge is 0.161 e. The van der Waals surface area contributed by atoms with Crippen LogP contribution in [0, 0.1) is 0 Å². The fourth-order valence-corrected chi connectivity index (χ4v) is 2.63. The van der Waals surface area contributed by atoms with Crippen LogP contribution >= 0.6 is 0 Å². The average molecular weight is 372 g/mol. The fourth-order valence-electron chi connectivity index (χ4n) is 2.63. The number of nitrogens with one attached hydrogen (secondary N) is 2. The lowest BCUT2D eigenvalue weighted by Crippen LogP contribution is -2.36. The van der Waals surface area contributed by atoms with E-state index in [1.807, 2.05) is 43.3 Å². The molecule has 0 aliphatic rings. The third-order valence-corrected chi connectivity index (χ3v) is 3.95. The monoisotopic (exact) mass is 372 g/mol. The Balaban J connectivity index is 1.40. The van der Waals surface area contributed by atoms with Crippen molar-refractivity contribution in [2.75, 3.05) is 26.8 Å². The number of nitrogens with zero attached hydrogens (tertiary/aromatic N) is 2. The van der Waals surface area contributed by atoms with E-state index >= 15 is 0 Å². The number of methoxy groups -OCH3 is 1. The predicted molar refractivity (Wildman–Crippen MR) is 101 cm³/mol. The van der Waals surface area contributed by atoms with Gasteiger partial charge in [0.05, 0.1) is 7.11 Å². The molecule has 0 spiro atoms. The molecule has 27 heavy (non-hydrogen) atoms. The number of ether oxygens (including phenoxy) is 3. The second kappa shape index (κ2) is 9.20. The molecule has 0 aliphatic carbocycles. The van der Waals surface area contributed by atoms with Crippen molar-refractivity contribution < 1.29 is 19.3 Å². The zero-order valence-corrected chi connectivity index (χ0v) is 15.4. The molecule has 0 bridgehead atoms. The molecule has 0 amide bonds. The molecule has 0 saturated heterocycles. The average Bonchev–Trinajstić information content (AvgIpc) is 3.16. The quantitative estimate of drug-likeness (QED) is 0.498. The number of H-pyrrole nitrogens is 1. The van der Waals surface area contributed by atoms with Crippen LogP contribution in [0.4, 0.5) is 0 Å². The maximum atomic E-state index is 10.1. The number of aromatic nitrogens is 3. The highest BCUT2D eigenvalue weighted by Gasteiger charge is 2.11. The summed E-state index contributed by atoms with van der Waals surface area (Å²) in [7, 11) is 1.61. The van der Waals surface area contributed by atoms with Gasteiger partial charge in [-0.15, -0.1) is 0 Å². The molecular weight excluding hydrogens is 348 g/mol. The van der Waals surface area contributed by atoms with Gasteiger partial charge in [0.25, 0.3) is 0 Å². The van der Waals surface area contributed by atoms with Crippen LogP contribution in [0.5, 0.6) is 17.2 Å². The number of aliphatic hydroxyl groups excluding tert-OH is 1. The van der Waals surface area contributed by atoms with Crippen molar-refractivity contribution in [3.8, 4) is 17.2 Å². The summed E-state index contributed by atoms with van der Waals surface area (Å²) in [5, 5.41) is 23.9. The minimum absolute atomic E-state index is 0.0849. The van der Waals surface area contributed by atoms with Crippen molar-refractivity contribution >= 4 is 11.0 Å². The predicted octanol–water partition coefficient (Wildman–Crippen LogP) is 1.76. The van der Waals surface area contributed by atoms with Crippen LogP contribution in [0.15, 0.2) is 42.5 Å². The van der Waals surface area contributed by atoms with Crippen LogP contribution in [0.25, 0.3) is 11.0 Å². The van der Waals surface area contributed by atoms with Crippen molar-refractivity contribution in [1.82, 2.24) is 20.7 Å². The molecule has 0 saturated carbocycles. The maximum Gasteiger partial charge on any atom is 0.161 e. The summed E-state index contributed by atoms with van der Waals surface area (Å²) in [4.78, 5) is 0. The minimum atomic E-state index is -0.661. The van der Waals surface area contributed by atoms with E-state index in [1.165, 1.54) is 0 Å². The van der Waals surface area contributed by atoms with Crippen LogP contribution in [0.2, 0.25) is 0 Å². The number of hydrogen-bond donors (Lipinski definition) is 3. The molecule has 3 aromatic rings. The van der Waals surface area contributed by atoms with Gasteiger partial charge in [0.15, 0.2) is 17.0 Å². The summed E-state index contributed by atoms with van der Waals surface area (Å²) in [6.07, 6.45) is -0.746. The maximum absolute atomic E-state index is 10.1. The Morgan fingerprint density at radius 2 is 1.81 bits per heavy atom. The number of benzene rings is 2. The standard InChI is InChI=1S/C19H24N4O4/c1-13(27-17-8-4-3-7-16(17)25-2)10-20-11-14(24)12-26-18-9-5-6-15-19(18)22-23-21-15/h3-9,13-14,20,24H,10-12H2,1-2H3,(H,21,22,23). The summed E-state index contributed by atoms with van der Waals surface area (Å²) >= 11 is 0. The van der Waals surface area contributed by atoms with Gasteiger partial charge in [-0.3, -0.25) is 0 Å². The van der Waals surface area contributed by atoms with Crippen LogP contribution in [-0.4, -0.2) is 59.5 Å². The zero-order valence-electron chi connectivity index (χ0n) is 15.4. The Morgan fingerprint density at radius 3 is 2.63 bits per heavy atom. The molecule has 0 radical (unpaired) electrons. The highest BCUT2D eigenvalue weighted by Crippen LogP contribution is 2.26. The van der Waals surface area contributed by atoms with Gasteiger partial charge in [0.1, 0.15) is 30.1 Å². The molecule has 2 unspecified atom stereocenters. The first-order chi connectivity index (χ1) is 13.2. The molecule has 8 heteroatoms. The summed E-state index contributed by atoms with van der Waals surface area (Å²) in [5.74, 6) is 1.98. The zero-order chi connectivity index (χ0) is 19.1. The van der Waals surface area contributed by atoms with Crippen molar-refractivity contribution in [2.24, 2.45) is 0 Å². The van der Waals surface area contributed by atoms with Crippen molar-refractivity contribution in [3.63, 3.8) is 0 Å². The first-order valence-corrected chi connectivity index (χ1v) is 8.78. The van der Waals surface area contributed by atoms with Gasteiger partial charge in [-0.25, -0.2) is 0 Å². The molecule has 2 aromatic carbocycles. The number of aromatic amines is 1. The summed E-state index contributed by atoms with van der Waals surface area (Å²) in [6, 6.07) is 13.0. The Kier molecular flexibility index (Phi) is 6.45. The van der Waals surface area contributed by atoms with Crippen LogP contribution < -0.4 is 19.5 Å². The lowest BCUT2D eigenvalue weighted by Gasteiger charge is -2.18. The Morgan fingerprint density at radius 1 is 1.04 bits per heavy atom. The molecule has 3 rings (SSSR count). The van der Waals surface area contributed by atoms with Gasteiger partial charge in [-0.1, -0.05) is 18.2 Å². The number of aliphatic hydroxyl groups is 1. The number of hydrogen-bond acceptors (Lipinski definition) is 7.